The lowest BCUT2D eigenvalue weighted by molar-refractivity contribution is 0.546. The second-order valence-corrected chi connectivity index (χ2v) is 6.21. The van der Waals surface area contributed by atoms with E-state index in [0.717, 1.165) is 29.4 Å². The number of halogens is 1. The summed E-state index contributed by atoms with van der Waals surface area (Å²) in [5.41, 5.74) is 1.98. The molecule has 112 valence electrons. The molecule has 0 aliphatic carbocycles. The van der Waals surface area contributed by atoms with Gasteiger partial charge < -0.3 is 5.32 Å². The van der Waals surface area contributed by atoms with E-state index >= 15 is 0 Å². The van der Waals surface area contributed by atoms with Crippen LogP contribution in [0.2, 0.25) is 0 Å². The topological polar surface area (TPSA) is 37.8 Å². The van der Waals surface area contributed by atoms with Gasteiger partial charge in [-0.15, -0.1) is 0 Å². The summed E-state index contributed by atoms with van der Waals surface area (Å²) in [6, 6.07) is 7.06. The average Bonchev–Trinajstić information content (AvgIpc) is 2.41. The fourth-order valence-electron chi connectivity index (χ4n) is 1.95. The third-order valence-corrected chi connectivity index (χ3v) is 3.22. The number of nitrogens with zero attached hydrogens (tertiary/aromatic N) is 2. The Kier molecular flexibility index (Phi) is 4.26. The Morgan fingerprint density at radius 1 is 1.14 bits per heavy atom. The number of anilines is 1. The van der Waals surface area contributed by atoms with E-state index in [2.05, 4.69) is 36.1 Å². The molecule has 0 bridgehead atoms. The zero-order chi connectivity index (χ0) is 15.6. The zero-order valence-corrected chi connectivity index (χ0v) is 13.3. The van der Waals surface area contributed by atoms with Gasteiger partial charge in [0.05, 0.1) is 5.69 Å². The molecule has 2 rings (SSSR count). The average molecular weight is 287 g/mol. The molecule has 21 heavy (non-hydrogen) atoms. The molecule has 4 heteroatoms. The normalized spacial score (nSPS) is 11.5. The van der Waals surface area contributed by atoms with Crippen LogP contribution in [0.3, 0.4) is 0 Å². The van der Waals surface area contributed by atoms with Crippen molar-refractivity contribution in [2.75, 3.05) is 11.9 Å². The largest absolute Gasteiger partial charge is 0.370 e. The highest BCUT2D eigenvalue weighted by Crippen LogP contribution is 2.26. The lowest BCUT2D eigenvalue weighted by Crippen LogP contribution is -2.17. The molecule has 0 atom stereocenters. The molecule has 3 nitrogen and oxygen atoms in total. The minimum absolute atomic E-state index is 0.163. The molecule has 0 spiro atoms. The summed E-state index contributed by atoms with van der Waals surface area (Å²) in [5, 5.41) is 3.21. The van der Waals surface area contributed by atoms with E-state index in [-0.39, 0.29) is 11.2 Å². The van der Waals surface area contributed by atoms with Gasteiger partial charge in [0, 0.05) is 23.6 Å². The highest BCUT2D eigenvalue weighted by molar-refractivity contribution is 5.63. The summed E-state index contributed by atoms with van der Waals surface area (Å²) in [6.07, 6.45) is 0. The maximum absolute atomic E-state index is 13.8. The van der Waals surface area contributed by atoms with E-state index in [1.54, 1.807) is 13.0 Å². The van der Waals surface area contributed by atoms with E-state index < -0.39 is 0 Å². The van der Waals surface area contributed by atoms with Crippen LogP contribution in [0.15, 0.2) is 24.3 Å². The Morgan fingerprint density at radius 2 is 1.86 bits per heavy atom. The SMILES string of the molecule is CCNc1cc(-c2ccc(C)c(F)c2)nc(C(C)(C)C)n1. The van der Waals surface area contributed by atoms with Gasteiger partial charge in [-0.25, -0.2) is 14.4 Å². The molecule has 1 N–H and O–H groups in total. The molecule has 0 fully saturated rings. The quantitative estimate of drug-likeness (QED) is 0.913. The Morgan fingerprint density at radius 3 is 2.43 bits per heavy atom. The number of rotatable bonds is 3. The first kappa shape index (κ1) is 15.4. The zero-order valence-electron chi connectivity index (χ0n) is 13.3. The molecule has 0 unspecified atom stereocenters. The van der Waals surface area contributed by atoms with E-state index in [1.807, 2.05) is 19.1 Å². The number of benzene rings is 1. The maximum atomic E-state index is 13.8. The maximum Gasteiger partial charge on any atom is 0.136 e. The Balaban J connectivity index is 2.56. The minimum atomic E-state index is -0.214. The van der Waals surface area contributed by atoms with Gasteiger partial charge in [-0.3, -0.25) is 0 Å². The van der Waals surface area contributed by atoms with E-state index in [0.29, 0.717) is 5.56 Å². The molecule has 0 aliphatic rings. The van der Waals surface area contributed by atoms with Crippen LogP contribution in [-0.4, -0.2) is 16.5 Å². The van der Waals surface area contributed by atoms with Crippen molar-refractivity contribution in [2.24, 2.45) is 0 Å². The number of aromatic nitrogens is 2. The molecule has 0 saturated heterocycles. The van der Waals surface area contributed by atoms with Crippen molar-refractivity contribution in [1.82, 2.24) is 9.97 Å². The van der Waals surface area contributed by atoms with Gasteiger partial charge in [-0.1, -0.05) is 32.9 Å². The standard InChI is InChI=1S/C17H22FN3/c1-6-19-15-10-14(20-16(21-15)17(3,4)5)12-8-7-11(2)13(18)9-12/h7-10H,6H2,1-5H3,(H,19,20,21). The smallest absolute Gasteiger partial charge is 0.136 e. The van der Waals surface area contributed by atoms with E-state index in [1.165, 1.54) is 6.07 Å². The Bertz CT molecular complexity index is 645. The van der Waals surface area contributed by atoms with Crippen molar-refractivity contribution >= 4 is 5.82 Å². The number of aryl methyl sites for hydroxylation is 1. The highest BCUT2D eigenvalue weighted by atomic mass is 19.1. The van der Waals surface area contributed by atoms with Crippen LogP contribution in [0, 0.1) is 12.7 Å². The van der Waals surface area contributed by atoms with Gasteiger partial charge in [0.2, 0.25) is 0 Å². The van der Waals surface area contributed by atoms with Crippen LogP contribution in [0.1, 0.15) is 39.1 Å². The third-order valence-electron chi connectivity index (χ3n) is 3.22. The third kappa shape index (κ3) is 3.57. The molecule has 0 amide bonds. The molecule has 1 aromatic carbocycles. The highest BCUT2D eigenvalue weighted by Gasteiger charge is 2.19. The van der Waals surface area contributed by atoms with Crippen molar-refractivity contribution in [1.29, 1.82) is 0 Å². The summed E-state index contributed by atoms with van der Waals surface area (Å²) in [5.74, 6) is 1.30. The Hall–Kier alpha value is -1.97. The predicted octanol–water partition coefficient (Wildman–Crippen LogP) is 4.32. The number of hydrogen-bond acceptors (Lipinski definition) is 3. The van der Waals surface area contributed by atoms with Gasteiger partial charge in [0.25, 0.3) is 0 Å². The monoisotopic (exact) mass is 287 g/mol. The predicted molar refractivity (Wildman–Crippen MR) is 85.0 cm³/mol. The molecule has 0 aliphatic heterocycles. The summed E-state index contributed by atoms with van der Waals surface area (Å²) in [6.45, 7) is 10.8. The van der Waals surface area contributed by atoms with Crippen LogP contribution in [-0.2, 0) is 5.41 Å². The molecule has 0 saturated carbocycles. The van der Waals surface area contributed by atoms with Gasteiger partial charge >= 0.3 is 0 Å². The van der Waals surface area contributed by atoms with Crippen molar-refractivity contribution in [3.05, 3.63) is 41.5 Å². The summed E-state index contributed by atoms with van der Waals surface area (Å²) >= 11 is 0. The lowest BCUT2D eigenvalue weighted by Gasteiger charge is -2.19. The van der Waals surface area contributed by atoms with Crippen LogP contribution in [0.25, 0.3) is 11.3 Å². The molecular formula is C17H22FN3. The van der Waals surface area contributed by atoms with Crippen molar-refractivity contribution in [3.63, 3.8) is 0 Å². The molecule has 1 aromatic heterocycles. The fourth-order valence-corrected chi connectivity index (χ4v) is 1.95. The second kappa shape index (κ2) is 5.80. The molecule has 0 radical (unpaired) electrons. The summed E-state index contributed by atoms with van der Waals surface area (Å²) < 4.78 is 13.8. The van der Waals surface area contributed by atoms with E-state index in [9.17, 15) is 4.39 Å². The summed E-state index contributed by atoms with van der Waals surface area (Å²) in [7, 11) is 0. The van der Waals surface area contributed by atoms with Gasteiger partial charge in [0.15, 0.2) is 0 Å². The van der Waals surface area contributed by atoms with Crippen molar-refractivity contribution in [3.8, 4) is 11.3 Å². The van der Waals surface area contributed by atoms with Gasteiger partial charge in [-0.05, 0) is 25.5 Å². The Labute approximate surface area is 125 Å². The molecular weight excluding hydrogens is 265 g/mol. The van der Waals surface area contributed by atoms with E-state index in [4.69, 9.17) is 0 Å². The van der Waals surface area contributed by atoms with Gasteiger partial charge in [0.1, 0.15) is 17.5 Å². The first-order valence-corrected chi connectivity index (χ1v) is 7.21. The summed E-state index contributed by atoms with van der Waals surface area (Å²) in [4.78, 5) is 9.15. The molecule has 1 heterocycles. The first-order chi connectivity index (χ1) is 9.81. The lowest BCUT2D eigenvalue weighted by atomic mass is 9.95. The first-order valence-electron chi connectivity index (χ1n) is 7.21. The molecule has 2 aromatic rings. The van der Waals surface area contributed by atoms with Crippen molar-refractivity contribution < 1.29 is 4.39 Å². The second-order valence-electron chi connectivity index (χ2n) is 6.21. The van der Waals surface area contributed by atoms with Gasteiger partial charge in [-0.2, -0.15) is 0 Å². The van der Waals surface area contributed by atoms with Crippen LogP contribution in [0.5, 0.6) is 0 Å². The number of hydrogen-bond donors (Lipinski definition) is 1. The van der Waals surface area contributed by atoms with Crippen LogP contribution < -0.4 is 5.32 Å². The van der Waals surface area contributed by atoms with Crippen LogP contribution in [0.4, 0.5) is 10.2 Å². The fraction of sp³-hybridized carbons (Fsp3) is 0.412. The minimum Gasteiger partial charge on any atom is -0.370 e. The number of nitrogens with one attached hydrogen (secondary N) is 1. The van der Waals surface area contributed by atoms with Crippen LogP contribution >= 0.6 is 0 Å². The van der Waals surface area contributed by atoms with Crippen molar-refractivity contribution in [2.45, 2.75) is 40.0 Å².